The zero-order valence-corrected chi connectivity index (χ0v) is 23.9. The summed E-state index contributed by atoms with van der Waals surface area (Å²) in [6.45, 7) is 1.98. The molecule has 1 amide bonds. The molecule has 0 unspecified atom stereocenters. The Morgan fingerprint density at radius 1 is 1.24 bits per heavy atom. The molecule has 1 aliphatic rings. The largest absolute Gasteiger partial charge is 0.341 e. The quantitative estimate of drug-likeness (QED) is 0.240. The van der Waals surface area contributed by atoms with Crippen LogP contribution in [0.2, 0.25) is 10.0 Å². The van der Waals surface area contributed by atoms with Crippen molar-refractivity contribution in [3.8, 4) is 0 Å². The van der Waals surface area contributed by atoms with Crippen LogP contribution in [0.25, 0.3) is 17.0 Å². The van der Waals surface area contributed by atoms with Crippen molar-refractivity contribution in [2.45, 2.75) is 44.2 Å². The topological polar surface area (TPSA) is 94.2 Å². The first-order chi connectivity index (χ1) is 18.0. The minimum Gasteiger partial charge on any atom is -0.341 e. The van der Waals surface area contributed by atoms with Gasteiger partial charge in [-0.05, 0) is 90.0 Å². The number of hydrogen-bond donors (Lipinski definition) is 1. The first-order valence-electron chi connectivity index (χ1n) is 11.7. The van der Waals surface area contributed by atoms with Crippen LogP contribution in [0, 0.1) is 12.7 Å². The first-order valence-corrected chi connectivity index (χ1v) is 14.7. The Morgan fingerprint density at radius 3 is 2.71 bits per heavy atom. The van der Waals surface area contributed by atoms with Gasteiger partial charge >= 0.3 is 10.0 Å². The zero-order valence-electron chi connectivity index (χ0n) is 20.0. The van der Waals surface area contributed by atoms with E-state index in [0.29, 0.717) is 27.8 Å². The Bertz CT molecular complexity index is 1730. The van der Waals surface area contributed by atoms with Gasteiger partial charge in [0.1, 0.15) is 10.3 Å². The van der Waals surface area contributed by atoms with Crippen molar-refractivity contribution >= 4 is 72.0 Å². The molecule has 2 heterocycles. The fraction of sp³-hybridized carbons (Fsp3) is 0.231. The summed E-state index contributed by atoms with van der Waals surface area (Å²) in [6, 6.07) is 8.12. The average Bonchev–Trinajstić information content (AvgIpc) is 3.36. The van der Waals surface area contributed by atoms with Crippen LogP contribution >= 0.6 is 39.1 Å². The number of aromatic nitrogens is 2. The Labute approximate surface area is 236 Å². The molecule has 0 saturated heterocycles. The van der Waals surface area contributed by atoms with Crippen LogP contribution < -0.4 is 4.72 Å². The van der Waals surface area contributed by atoms with E-state index in [1.807, 2.05) is 10.8 Å². The van der Waals surface area contributed by atoms with Crippen molar-refractivity contribution in [3.05, 3.63) is 84.8 Å². The van der Waals surface area contributed by atoms with Crippen LogP contribution in [0.5, 0.6) is 0 Å². The van der Waals surface area contributed by atoms with Crippen LogP contribution in [0.4, 0.5) is 4.39 Å². The molecule has 0 radical (unpaired) electrons. The number of nitrogens with zero attached hydrogens (tertiary/aromatic N) is 2. The van der Waals surface area contributed by atoms with Gasteiger partial charge in [-0.25, -0.2) is 9.11 Å². The maximum Gasteiger partial charge on any atom is 0.301 e. The van der Waals surface area contributed by atoms with Gasteiger partial charge in [0, 0.05) is 39.3 Å². The van der Waals surface area contributed by atoms with Gasteiger partial charge in [0.05, 0.1) is 11.2 Å². The second kappa shape index (κ2) is 10.5. The molecule has 0 bridgehead atoms. The Morgan fingerprint density at radius 2 is 2.00 bits per heavy atom. The van der Waals surface area contributed by atoms with Crippen molar-refractivity contribution < 1.29 is 22.1 Å². The Balaban J connectivity index is 1.55. The van der Waals surface area contributed by atoms with E-state index in [4.69, 9.17) is 27.7 Å². The molecule has 38 heavy (non-hydrogen) atoms. The van der Waals surface area contributed by atoms with Gasteiger partial charge in [-0.3, -0.25) is 4.79 Å². The maximum atomic E-state index is 14.8. The lowest BCUT2D eigenvalue weighted by molar-refractivity contribution is -0.114. The second-order valence-corrected chi connectivity index (χ2v) is 12.2. The fourth-order valence-electron chi connectivity index (χ4n) is 4.77. The fourth-order valence-corrected chi connectivity index (χ4v) is 6.97. The highest BCUT2D eigenvalue weighted by molar-refractivity contribution is 9.10. The van der Waals surface area contributed by atoms with Crippen molar-refractivity contribution in [3.63, 3.8) is 0 Å². The van der Waals surface area contributed by atoms with Crippen molar-refractivity contribution in [2.24, 2.45) is 0 Å². The first kappa shape index (κ1) is 26.9. The van der Waals surface area contributed by atoms with Crippen molar-refractivity contribution in [1.29, 1.82) is 0 Å². The van der Waals surface area contributed by atoms with E-state index in [9.17, 15) is 17.6 Å². The van der Waals surface area contributed by atoms with Gasteiger partial charge in [0.15, 0.2) is 0 Å². The lowest BCUT2D eigenvalue weighted by Crippen LogP contribution is -2.28. The predicted molar refractivity (Wildman–Crippen MR) is 147 cm³/mol. The van der Waals surface area contributed by atoms with Crippen LogP contribution in [-0.2, 0) is 34.2 Å². The van der Waals surface area contributed by atoms with Crippen molar-refractivity contribution in [1.82, 2.24) is 14.4 Å². The third kappa shape index (κ3) is 5.14. The summed E-state index contributed by atoms with van der Waals surface area (Å²) < 4.78 is 48.9. The monoisotopic (exact) mass is 639 g/mol. The number of sulfonamides is 1. The SMILES string of the molecule is Cc1noc(S(=O)(=O)NC(=O)/C=C/c2cc(F)cc3c4c(n(Cc5ccc(Cl)cc5Cl)c23)CCCC4)c1Br. The number of carbonyl (C=O) groups is 1. The molecule has 1 aliphatic carbocycles. The number of aryl methyl sites for hydroxylation is 2. The van der Waals surface area contributed by atoms with Gasteiger partial charge in [0.25, 0.3) is 11.0 Å². The number of fused-ring (bicyclic) bond motifs is 3. The van der Waals surface area contributed by atoms with Gasteiger partial charge in [-0.15, -0.1) is 0 Å². The molecule has 0 spiro atoms. The molecule has 4 aromatic rings. The minimum absolute atomic E-state index is 0.123. The highest BCUT2D eigenvalue weighted by atomic mass is 79.9. The summed E-state index contributed by atoms with van der Waals surface area (Å²) in [6.07, 6.45) is 6.08. The predicted octanol–water partition coefficient (Wildman–Crippen LogP) is 6.59. The Kier molecular flexibility index (Phi) is 7.43. The number of benzene rings is 2. The molecule has 0 saturated carbocycles. The van der Waals surface area contributed by atoms with Crippen molar-refractivity contribution in [2.75, 3.05) is 0 Å². The molecule has 12 heteroatoms. The van der Waals surface area contributed by atoms with Gasteiger partial charge in [-0.1, -0.05) is 34.4 Å². The number of halogens is 4. The smallest absolute Gasteiger partial charge is 0.301 e. The number of amides is 1. The number of rotatable bonds is 6. The van der Waals surface area contributed by atoms with Crippen LogP contribution in [0.1, 0.15) is 40.9 Å². The lowest BCUT2D eigenvalue weighted by atomic mass is 9.95. The van der Waals surface area contributed by atoms with E-state index in [1.54, 1.807) is 19.1 Å². The summed E-state index contributed by atoms with van der Waals surface area (Å²) in [5, 5.41) is 4.88. The summed E-state index contributed by atoms with van der Waals surface area (Å²) in [5.74, 6) is -1.38. The molecular formula is C26H21BrCl2FN3O4S. The summed E-state index contributed by atoms with van der Waals surface area (Å²) in [5.41, 5.74) is 4.50. The van der Waals surface area contributed by atoms with Crippen LogP contribution in [0.15, 0.2) is 50.5 Å². The summed E-state index contributed by atoms with van der Waals surface area (Å²) in [4.78, 5) is 12.6. The maximum absolute atomic E-state index is 14.8. The lowest BCUT2D eigenvalue weighted by Gasteiger charge is -2.17. The molecule has 0 fully saturated rings. The molecule has 1 N–H and O–H groups in total. The molecular weight excluding hydrogens is 620 g/mol. The molecule has 7 nitrogen and oxygen atoms in total. The van der Waals surface area contributed by atoms with Gasteiger partial charge in [-0.2, -0.15) is 8.42 Å². The molecule has 0 atom stereocenters. The Hall–Kier alpha value is -2.66. The van der Waals surface area contributed by atoms with E-state index in [2.05, 4.69) is 25.7 Å². The normalized spacial score (nSPS) is 13.8. The van der Waals surface area contributed by atoms with Crippen LogP contribution in [-0.4, -0.2) is 24.0 Å². The molecule has 0 aliphatic heterocycles. The van der Waals surface area contributed by atoms with Gasteiger partial charge in [0.2, 0.25) is 0 Å². The second-order valence-electron chi connectivity index (χ2n) is 9.02. The zero-order chi connectivity index (χ0) is 27.2. The number of nitrogens with one attached hydrogen (secondary N) is 1. The van der Waals surface area contributed by atoms with E-state index in [0.717, 1.165) is 59.5 Å². The minimum atomic E-state index is -4.32. The number of hydrogen-bond acceptors (Lipinski definition) is 5. The number of carbonyl (C=O) groups excluding carboxylic acids is 1. The summed E-state index contributed by atoms with van der Waals surface area (Å²) >= 11 is 15.7. The van der Waals surface area contributed by atoms with Gasteiger partial charge < -0.3 is 9.09 Å². The molecule has 2 aromatic carbocycles. The standard InChI is InChI=1S/C26H21BrCl2FN3O4S/c1-14-24(27)26(37-31-14)38(35,36)32-23(34)9-7-15-10-18(30)12-20-19-4-2-3-5-22(19)33(25(15)20)13-16-6-8-17(28)11-21(16)29/h6-12H,2-5,13H2,1H3,(H,32,34)/b9-7+. The summed E-state index contributed by atoms with van der Waals surface area (Å²) in [7, 11) is -4.32. The highest BCUT2D eigenvalue weighted by Crippen LogP contribution is 2.36. The third-order valence-electron chi connectivity index (χ3n) is 6.46. The average molecular weight is 641 g/mol. The van der Waals surface area contributed by atoms with E-state index >= 15 is 0 Å². The molecule has 198 valence electrons. The molecule has 5 rings (SSSR count). The van der Waals surface area contributed by atoms with E-state index < -0.39 is 26.8 Å². The van der Waals surface area contributed by atoms with E-state index in [-0.39, 0.29) is 4.47 Å². The van der Waals surface area contributed by atoms with Crippen LogP contribution in [0.3, 0.4) is 0 Å². The van der Waals surface area contributed by atoms with E-state index in [1.165, 1.54) is 18.2 Å². The molecule has 2 aromatic heterocycles. The highest BCUT2D eigenvalue weighted by Gasteiger charge is 2.27. The third-order valence-corrected chi connectivity index (χ3v) is 9.48.